The second kappa shape index (κ2) is 12.0. The third-order valence-electron chi connectivity index (χ3n) is 6.41. The van der Waals surface area contributed by atoms with Gasteiger partial charge in [0.1, 0.15) is 12.1 Å². The smallest absolute Gasteiger partial charge is 0.161 e. The molecule has 190 valence electrons. The van der Waals surface area contributed by atoms with Crippen LogP contribution in [0, 0.1) is 0 Å². The van der Waals surface area contributed by atoms with Crippen LogP contribution >= 0.6 is 12.0 Å². The SMILES string of the molecule is COc1ccc(CN2CCN(c3ccc(OSc4ccc(-c5cncnc5)cc4)cc3)CC2)cc1OC. The van der Waals surface area contributed by atoms with E-state index < -0.39 is 0 Å². The molecule has 1 fully saturated rings. The highest BCUT2D eigenvalue weighted by Gasteiger charge is 2.18. The average molecular weight is 515 g/mol. The molecule has 0 radical (unpaired) electrons. The third-order valence-corrected chi connectivity index (χ3v) is 7.15. The summed E-state index contributed by atoms with van der Waals surface area (Å²) in [5.74, 6) is 2.37. The molecule has 1 saturated heterocycles. The summed E-state index contributed by atoms with van der Waals surface area (Å²) in [6.07, 6.45) is 5.16. The van der Waals surface area contributed by atoms with Crippen molar-refractivity contribution in [2.75, 3.05) is 45.3 Å². The third kappa shape index (κ3) is 6.34. The normalized spacial score (nSPS) is 13.8. The van der Waals surface area contributed by atoms with Gasteiger partial charge in [0.15, 0.2) is 11.5 Å². The first kappa shape index (κ1) is 24.9. The lowest BCUT2D eigenvalue weighted by atomic mass is 10.1. The van der Waals surface area contributed by atoms with E-state index in [1.54, 1.807) is 14.2 Å². The Morgan fingerprint density at radius 1 is 0.757 bits per heavy atom. The Bertz CT molecular complexity index is 1280. The Kier molecular flexibility index (Phi) is 8.08. The minimum Gasteiger partial charge on any atom is -0.493 e. The standard InChI is InChI=1S/C29H30N4O3S/c1-34-28-12-3-22(17-29(28)35-2)20-32-13-15-33(16-14-32)25-6-8-26(9-7-25)36-37-27-10-4-23(5-11-27)24-18-30-21-31-19-24/h3-12,17-19,21H,13-16,20H2,1-2H3. The summed E-state index contributed by atoms with van der Waals surface area (Å²) in [6.45, 7) is 4.89. The van der Waals surface area contributed by atoms with Crippen molar-refractivity contribution in [3.8, 4) is 28.4 Å². The van der Waals surface area contributed by atoms with Gasteiger partial charge in [-0.25, -0.2) is 9.97 Å². The molecule has 0 saturated carbocycles. The molecule has 0 bridgehead atoms. The molecule has 0 spiro atoms. The zero-order valence-corrected chi connectivity index (χ0v) is 21.9. The van der Waals surface area contributed by atoms with E-state index in [-0.39, 0.29) is 0 Å². The maximum atomic E-state index is 5.94. The lowest BCUT2D eigenvalue weighted by Gasteiger charge is -2.36. The van der Waals surface area contributed by atoms with Crippen molar-refractivity contribution in [1.29, 1.82) is 0 Å². The molecular weight excluding hydrogens is 484 g/mol. The molecule has 1 aromatic heterocycles. The Balaban J connectivity index is 1.10. The predicted octanol–water partition coefficient (Wildman–Crippen LogP) is 5.57. The van der Waals surface area contributed by atoms with E-state index in [1.807, 2.05) is 42.7 Å². The van der Waals surface area contributed by atoms with Gasteiger partial charge >= 0.3 is 0 Å². The first-order chi connectivity index (χ1) is 18.2. The van der Waals surface area contributed by atoms with Crippen LogP contribution in [0.25, 0.3) is 11.1 Å². The van der Waals surface area contributed by atoms with Crippen LogP contribution < -0.4 is 18.6 Å². The summed E-state index contributed by atoms with van der Waals surface area (Å²) in [6, 6.07) is 22.7. The van der Waals surface area contributed by atoms with Crippen LogP contribution in [-0.4, -0.2) is 55.3 Å². The quantitative estimate of drug-likeness (QED) is 0.269. The summed E-state index contributed by atoms with van der Waals surface area (Å²) < 4.78 is 16.7. The molecule has 8 heteroatoms. The first-order valence-electron chi connectivity index (χ1n) is 12.2. The monoisotopic (exact) mass is 514 g/mol. The van der Waals surface area contributed by atoms with Crippen molar-refractivity contribution in [3.63, 3.8) is 0 Å². The molecule has 0 unspecified atom stereocenters. The predicted molar refractivity (Wildman–Crippen MR) is 147 cm³/mol. The van der Waals surface area contributed by atoms with Gasteiger partial charge in [-0.15, -0.1) is 0 Å². The lowest BCUT2D eigenvalue weighted by Crippen LogP contribution is -2.45. The maximum Gasteiger partial charge on any atom is 0.161 e. The molecule has 0 amide bonds. The summed E-state index contributed by atoms with van der Waals surface area (Å²) in [5, 5.41) is 0. The van der Waals surface area contributed by atoms with Gasteiger partial charge in [0.2, 0.25) is 0 Å². The Morgan fingerprint density at radius 2 is 1.46 bits per heavy atom. The molecule has 7 nitrogen and oxygen atoms in total. The van der Waals surface area contributed by atoms with Crippen molar-refractivity contribution >= 4 is 17.7 Å². The number of ether oxygens (including phenoxy) is 2. The zero-order chi connectivity index (χ0) is 25.5. The van der Waals surface area contributed by atoms with Crippen LogP contribution in [0.5, 0.6) is 17.2 Å². The van der Waals surface area contributed by atoms with Crippen molar-refractivity contribution in [2.45, 2.75) is 11.4 Å². The van der Waals surface area contributed by atoms with Crippen LogP contribution in [0.1, 0.15) is 5.56 Å². The maximum absolute atomic E-state index is 5.94. The fourth-order valence-corrected chi connectivity index (χ4v) is 4.91. The highest BCUT2D eigenvalue weighted by atomic mass is 32.2. The molecule has 1 aliphatic heterocycles. The van der Waals surface area contributed by atoms with Gasteiger partial charge in [-0.1, -0.05) is 18.2 Å². The molecule has 4 aromatic rings. The van der Waals surface area contributed by atoms with Crippen LogP contribution in [0.15, 0.2) is 90.3 Å². The summed E-state index contributed by atoms with van der Waals surface area (Å²) in [7, 11) is 3.34. The Morgan fingerprint density at radius 3 is 2.14 bits per heavy atom. The molecular formula is C29H30N4O3S. The number of rotatable bonds is 9. The van der Waals surface area contributed by atoms with E-state index in [0.717, 1.165) is 66.0 Å². The van der Waals surface area contributed by atoms with E-state index in [4.69, 9.17) is 13.7 Å². The molecule has 37 heavy (non-hydrogen) atoms. The van der Waals surface area contributed by atoms with Gasteiger partial charge in [0.25, 0.3) is 0 Å². The topological polar surface area (TPSA) is 60.0 Å². The summed E-state index contributed by atoms with van der Waals surface area (Å²) in [5.41, 5.74) is 4.53. The van der Waals surface area contributed by atoms with Crippen molar-refractivity contribution in [2.24, 2.45) is 0 Å². The second-order valence-electron chi connectivity index (χ2n) is 8.76. The number of anilines is 1. The fourth-order valence-electron chi connectivity index (χ4n) is 4.36. The highest BCUT2D eigenvalue weighted by Crippen LogP contribution is 2.30. The van der Waals surface area contributed by atoms with Gasteiger partial charge in [-0.2, -0.15) is 0 Å². The van der Waals surface area contributed by atoms with E-state index in [0.29, 0.717) is 0 Å². The molecule has 5 rings (SSSR count). The first-order valence-corrected chi connectivity index (χ1v) is 12.9. The largest absolute Gasteiger partial charge is 0.493 e. The van der Waals surface area contributed by atoms with Crippen LogP contribution in [0.4, 0.5) is 5.69 Å². The van der Waals surface area contributed by atoms with Crippen LogP contribution in [0.3, 0.4) is 0 Å². The lowest BCUT2D eigenvalue weighted by molar-refractivity contribution is 0.249. The number of aromatic nitrogens is 2. The number of piperazine rings is 1. The minimum atomic E-state index is 0.762. The molecule has 1 aliphatic rings. The summed E-state index contributed by atoms with van der Waals surface area (Å²) in [4.78, 5) is 14.1. The van der Waals surface area contributed by atoms with Gasteiger partial charge in [-0.3, -0.25) is 4.90 Å². The minimum absolute atomic E-state index is 0.762. The second-order valence-corrected chi connectivity index (χ2v) is 9.57. The number of methoxy groups -OCH3 is 2. The van der Waals surface area contributed by atoms with Crippen LogP contribution in [-0.2, 0) is 6.54 Å². The van der Waals surface area contributed by atoms with Crippen molar-refractivity contribution in [3.05, 3.63) is 91.0 Å². The number of hydrogen-bond donors (Lipinski definition) is 0. The fraction of sp³-hybridized carbons (Fsp3) is 0.241. The van der Waals surface area contributed by atoms with Crippen LogP contribution in [0.2, 0.25) is 0 Å². The Labute approximate surface area is 222 Å². The average Bonchev–Trinajstić information content (AvgIpc) is 2.97. The Hall–Kier alpha value is -3.75. The molecule has 0 atom stereocenters. The molecule has 0 N–H and O–H groups in total. The molecule has 0 aliphatic carbocycles. The van der Waals surface area contributed by atoms with Gasteiger partial charge in [0.05, 0.1) is 26.3 Å². The van der Waals surface area contributed by atoms with E-state index in [9.17, 15) is 0 Å². The number of benzene rings is 3. The number of nitrogens with zero attached hydrogens (tertiary/aromatic N) is 4. The summed E-state index contributed by atoms with van der Waals surface area (Å²) >= 11 is 1.36. The highest BCUT2D eigenvalue weighted by molar-refractivity contribution is 7.95. The van der Waals surface area contributed by atoms with Gasteiger partial charge in [0, 0.05) is 61.3 Å². The van der Waals surface area contributed by atoms with Gasteiger partial charge < -0.3 is 18.6 Å². The zero-order valence-electron chi connectivity index (χ0n) is 21.0. The van der Waals surface area contributed by atoms with E-state index in [2.05, 4.69) is 56.2 Å². The molecule has 2 heterocycles. The molecule has 3 aromatic carbocycles. The van der Waals surface area contributed by atoms with Gasteiger partial charge in [-0.05, 0) is 59.7 Å². The van der Waals surface area contributed by atoms with E-state index in [1.165, 1.54) is 29.6 Å². The van der Waals surface area contributed by atoms with Crippen molar-refractivity contribution < 1.29 is 13.7 Å². The van der Waals surface area contributed by atoms with E-state index >= 15 is 0 Å². The number of hydrogen-bond acceptors (Lipinski definition) is 8. The van der Waals surface area contributed by atoms with Crippen molar-refractivity contribution in [1.82, 2.24) is 14.9 Å².